The maximum absolute atomic E-state index is 10.7. The van der Waals surface area contributed by atoms with Gasteiger partial charge in [-0.25, -0.2) is 4.79 Å². The van der Waals surface area contributed by atoms with Gasteiger partial charge in [0.25, 0.3) is 0 Å². The van der Waals surface area contributed by atoms with Crippen molar-refractivity contribution in [2.24, 2.45) is 0 Å². The summed E-state index contributed by atoms with van der Waals surface area (Å²) >= 11 is 11.3. The van der Waals surface area contributed by atoms with Crippen molar-refractivity contribution in [3.05, 3.63) is 32.3 Å². The van der Waals surface area contributed by atoms with E-state index in [1.165, 1.54) is 13.0 Å². The SMILES string of the molecule is C[C@H](Oc1c(Cl)cc(Cl)cc1[N+](=O)[O-])C(=O)O. The van der Waals surface area contributed by atoms with Gasteiger partial charge in [-0.1, -0.05) is 23.2 Å². The van der Waals surface area contributed by atoms with Gasteiger partial charge < -0.3 is 9.84 Å². The van der Waals surface area contributed by atoms with Gasteiger partial charge in [0.2, 0.25) is 5.75 Å². The van der Waals surface area contributed by atoms with E-state index in [2.05, 4.69) is 0 Å². The number of hydrogen-bond donors (Lipinski definition) is 1. The molecular formula is C9H7Cl2NO5. The lowest BCUT2D eigenvalue weighted by atomic mass is 10.3. The molecule has 8 heteroatoms. The highest BCUT2D eigenvalue weighted by molar-refractivity contribution is 6.36. The largest absolute Gasteiger partial charge is 0.479 e. The second kappa shape index (κ2) is 5.20. The van der Waals surface area contributed by atoms with E-state index in [9.17, 15) is 14.9 Å². The second-order valence-corrected chi connectivity index (χ2v) is 3.93. The number of nitro benzene ring substituents is 1. The number of nitrogens with zero attached hydrogens (tertiary/aromatic N) is 1. The fourth-order valence-electron chi connectivity index (χ4n) is 1.03. The van der Waals surface area contributed by atoms with Crippen molar-refractivity contribution >= 4 is 34.9 Å². The Bertz CT molecular complexity index is 477. The molecule has 1 atom stereocenters. The molecule has 1 aromatic rings. The number of rotatable bonds is 4. The van der Waals surface area contributed by atoms with Crippen LogP contribution in [0.15, 0.2) is 12.1 Å². The number of carboxylic acids is 1. The Balaban J connectivity index is 3.21. The third kappa shape index (κ3) is 3.21. The molecule has 0 bridgehead atoms. The van der Waals surface area contributed by atoms with Crippen LogP contribution in [0.2, 0.25) is 10.0 Å². The maximum Gasteiger partial charge on any atom is 0.344 e. The zero-order chi connectivity index (χ0) is 13.2. The molecule has 0 fully saturated rings. The number of carboxylic acid groups (broad SMARTS) is 1. The Morgan fingerprint density at radius 3 is 2.59 bits per heavy atom. The molecule has 0 radical (unpaired) electrons. The van der Waals surface area contributed by atoms with Crippen LogP contribution < -0.4 is 4.74 Å². The molecule has 17 heavy (non-hydrogen) atoms. The van der Waals surface area contributed by atoms with E-state index in [1.807, 2.05) is 0 Å². The third-order valence-corrected chi connectivity index (χ3v) is 2.33. The van der Waals surface area contributed by atoms with Gasteiger partial charge in [-0.3, -0.25) is 10.1 Å². The summed E-state index contributed by atoms with van der Waals surface area (Å²) in [6, 6.07) is 2.28. The smallest absolute Gasteiger partial charge is 0.344 e. The summed E-state index contributed by atoms with van der Waals surface area (Å²) in [4.78, 5) is 20.6. The predicted octanol–water partition coefficient (Wildman–Crippen LogP) is 2.75. The zero-order valence-electron chi connectivity index (χ0n) is 8.52. The summed E-state index contributed by atoms with van der Waals surface area (Å²) in [5.74, 6) is -1.57. The number of hydrogen-bond acceptors (Lipinski definition) is 4. The van der Waals surface area contributed by atoms with Crippen LogP contribution in [-0.4, -0.2) is 22.1 Å². The van der Waals surface area contributed by atoms with E-state index >= 15 is 0 Å². The van der Waals surface area contributed by atoms with Crippen molar-refractivity contribution in [3.63, 3.8) is 0 Å². The highest BCUT2D eigenvalue weighted by Gasteiger charge is 2.24. The monoisotopic (exact) mass is 279 g/mol. The zero-order valence-corrected chi connectivity index (χ0v) is 10.0. The van der Waals surface area contributed by atoms with E-state index in [0.717, 1.165) is 6.07 Å². The molecule has 0 unspecified atom stereocenters. The lowest BCUT2D eigenvalue weighted by Crippen LogP contribution is -2.23. The third-order valence-electron chi connectivity index (χ3n) is 1.83. The summed E-state index contributed by atoms with van der Waals surface area (Å²) in [6.07, 6.45) is -1.26. The van der Waals surface area contributed by atoms with Gasteiger partial charge in [-0.2, -0.15) is 0 Å². The van der Waals surface area contributed by atoms with Gasteiger partial charge in [0.05, 0.1) is 9.95 Å². The molecule has 0 aromatic heterocycles. The average molecular weight is 280 g/mol. The molecule has 0 heterocycles. The van der Waals surface area contributed by atoms with Crippen LogP contribution in [0, 0.1) is 10.1 Å². The summed E-state index contributed by atoms with van der Waals surface area (Å²) in [5.41, 5.74) is -0.476. The second-order valence-electron chi connectivity index (χ2n) is 3.09. The van der Waals surface area contributed by atoms with Crippen LogP contribution in [-0.2, 0) is 4.79 Å². The lowest BCUT2D eigenvalue weighted by Gasteiger charge is -2.12. The fraction of sp³-hybridized carbons (Fsp3) is 0.222. The Hall–Kier alpha value is -1.53. The lowest BCUT2D eigenvalue weighted by molar-refractivity contribution is -0.386. The molecule has 0 spiro atoms. The number of carbonyl (C=O) groups is 1. The Labute approximate surface area is 106 Å². The molecule has 1 aromatic carbocycles. The van der Waals surface area contributed by atoms with Gasteiger partial charge in [0.1, 0.15) is 0 Å². The van der Waals surface area contributed by atoms with Crippen molar-refractivity contribution in [2.45, 2.75) is 13.0 Å². The van der Waals surface area contributed by atoms with Crippen LogP contribution >= 0.6 is 23.2 Å². The Morgan fingerprint density at radius 2 is 2.12 bits per heavy atom. The standard InChI is InChI=1S/C9H7Cl2NO5/c1-4(9(13)14)17-8-6(11)2-5(10)3-7(8)12(15)16/h2-4H,1H3,(H,13,14)/t4-/m0/s1. The Kier molecular flexibility index (Phi) is 4.14. The Morgan fingerprint density at radius 1 is 1.53 bits per heavy atom. The van der Waals surface area contributed by atoms with Crippen LogP contribution in [0.5, 0.6) is 5.75 Å². The molecule has 1 N–H and O–H groups in total. The normalized spacial score (nSPS) is 11.9. The van der Waals surface area contributed by atoms with Crippen molar-refractivity contribution < 1.29 is 19.6 Å². The van der Waals surface area contributed by atoms with Crippen molar-refractivity contribution in [2.75, 3.05) is 0 Å². The number of halogens is 2. The van der Waals surface area contributed by atoms with Crippen LogP contribution in [0.1, 0.15) is 6.92 Å². The molecule has 0 saturated carbocycles. The average Bonchev–Trinajstić information content (AvgIpc) is 2.20. The first kappa shape index (κ1) is 13.5. The summed E-state index contributed by atoms with van der Waals surface area (Å²) in [5, 5.41) is 19.3. The van der Waals surface area contributed by atoms with Crippen molar-refractivity contribution in [1.82, 2.24) is 0 Å². The summed E-state index contributed by atoms with van der Waals surface area (Å²) < 4.78 is 4.92. The number of ether oxygens (including phenoxy) is 1. The molecule has 0 aliphatic heterocycles. The van der Waals surface area contributed by atoms with Gasteiger partial charge in [-0.05, 0) is 13.0 Å². The van der Waals surface area contributed by atoms with E-state index in [1.54, 1.807) is 0 Å². The van der Waals surface area contributed by atoms with Crippen molar-refractivity contribution in [1.29, 1.82) is 0 Å². The highest BCUT2D eigenvalue weighted by Crippen LogP contribution is 2.38. The topological polar surface area (TPSA) is 89.7 Å². The molecule has 1 rings (SSSR count). The minimum absolute atomic E-state index is 0.0667. The first-order valence-electron chi connectivity index (χ1n) is 4.36. The minimum atomic E-state index is -1.26. The maximum atomic E-state index is 10.7. The highest BCUT2D eigenvalue weighted by atomic mass is 35.5. The van der Waals surface area contributed by atoms with Gasteiger partial charge in [0, 0.05) is 11.1 Å². The van der Waals surface area contributed by atoms with E-state index < -0.39 is 22.7 Å². The van der Waals surface area contributed by atoms with E-state index in [0.29, 0.717) is 0 Å². The van der Waals surface area contributed by atoms with E-state index in [-0.39, 0.29) is 15.8 Å². The summed E-state index contributed by atoms with van der Waals surface area (Å²) in [6.45, 7) is 1.23. The van der Waals surface area contributed by atoms with Crippen LogP contribution in [0.25, 0.3) is 0 Å². The molecule has 0 aliphatic carbocycles. The number of aliphatic carboxylic acids is 1. The van der Waals surface area contributed by atoms with E-state index in [4.69, 9.17) is 33.0 Å². The molecule has 92 valence electrons. The van der Waals surface area contributed by atoms with Gasteiger partial charge >= 0.3 is 11.7 Å². The fourth-order valence-corrected chi connectivity index (χ4v) is 1.55. The molecule has 0 amide bonds. The van der Waals surface area contributed by atoms with Crippen LogP contribution in [0.3, 0.4) is 0 Å². The number of nitro groups is 1. The van der Waals surface area contributed by atoms with Crippen molar-refractivity contribution in [3.8, 4) is 5.75 Å². The first-order chi connectivity index (χ1) is 7.82. The first-order valence-corrected chi connectivity index (χ1v) is 5.11. The number of benzene rings is 1. The van der Waals surface area contributed by atoms with Gasteiger partial charge in [0.15, 0.2) is 6.10 Å². The summed E-state index contributed by atoms with van der Waals surface area (Å²) in [7, 11) is 0. The molecule has 0 aliphatic rings. The molecular weight excluding hydrogens is 273 g/mol. The molecule has 6 nitrogen and oxygen atoms in total. The minimum Gasteiger partial charge on any atom is -0.479 e. The quantitative estimate of drug-likeness (QED) is 0.676. The molecule has 0 saturated heterocycles. The predicted molar refractivity (Wildman–Crippen MR) is 60.8 cm³/mol. The van der Waals surface area contributed by atoms with Gasteiger partial charge in [-0.15, -0.1) is 0 Å². The van der Waals surface area contributed by atoms with Crippen LogP contribution in [0.4, 0.5) is 5.69 Å².